The van der Waals surface area contributed by atoms with Crippen molar-refractivity contribution in [3.63, 3.8) is 0 Å². The molecule has 0 amide bonds. The number of terminal acetylenes is 1. The lowest BCUT2D eigenvalue weighted by atomic mass is 9.73. The summed E-state index contributed by atoms with van der Waals surface area (Å²) in [4.78, 5) is 13.7. The standard InChI is InChI=1S/C37H35F3N6O2/c1-3-26-29(38)9-4-20-12-25(47)13-27(31(20)26)32-30(39)14-28-34(33(32)40)43-36(44-35(28)46-16-22-5-6-23(17-46)42-22)48-19-37(2)18-45(24-7-8-24)11-10-21(37)15-41/h1,4,9,12-14,21-24,42,47H,5-8,10-11,16-19H2,2H3/t21-,22-,23+,37-/m1/s1. The summed E-state index contributed by atoms with van der Waals surface area (Å²) in [6.45, 7) is 4.94. The summed E-state index contributed by atoms with van der Waals surface area (Å²) in [5.74, 6) is -0.488. The lowest BCUT2D eigenvalue weighted by Gasteiger charge is -2.43. The molecular weight excluding hydrogens is 617 g/mol. The van der Waals surface area contributed by atoms with Crippen molar-refractivity contribution in [3.05, 3.63) is 53.3 Å². The number of phenolic OH excluding ortho intramolecular Hbond substituents is 1. The maximum absolute atomic E-state index is 16.9. The number of likely N-dealkylation sites (tertiary alicyclic amines) is 1. The van der Waals surface area contributed by atoms with E-state index >= 15 is 8.78 Å². The van der Waals surface area contributed by atoms with Gasteiger partial charge in [-0.05, 0) is 68.3 Å². The molecule has 4 heterocycles. The Hall–Kier alpha value is -4.58. The van der Waals surface area contributed by atoms with Crippen LogP contribution in [0, 0.1) is 52.5 Å². The summed E-state index contributed by atoms with van der Waals surface area (Å²) in [7, 11) is 0. The highest BCUT2D eigenvalue weighted by Crippen LogP contribution is 2.43. The summed E-state index contributed by atoms with van der Waals surface area (Å²) in [5.41, 5.74) is -1.43. The van der Waals surface area contributed by atoms with Crippen LogP contribution < -0.4 is 15.0 Å². The Labute approximate surface area is 276 Å². The lowest BCUT2D eigenvalue weighted by molar-refractivity contribution is 0.0192. The number of anilines is 1. The molecule has 8 nitrogen and oxygen atoms in total. The molecule has 4 fully saturated rings. The molecule has 48 heavy (non-hydrogen) atoms. The van der Waals surface area contributed by atoms with Crippen LogP contribution in [0.25, 0.3) is 32.8 Å². The van der Waals surface area contributed by atoms with Gasteiger partial charge in [0.25, 0.3) is 0 Å². The molecule has 0 spiro atoms. The number of piperidine rings is 1. The number of piperazine rings is 1. The zero-order valence-corrected chi connectivity index (χ0v) is 26.6. The van der Waals surface area contributed by atoms with Crippen LogP contribution in [0.1, 0.15) is 44.6 Å². The second-order valence-corrected chi connectivity index (χ2v) is 14.1. The number of nitrogens with zero attached hydrogens (tertiary/aromatic N) is 5. The summed E-state index contributed by atoms with van der Waals surface area (Å²) in [6, 6.07) is 9.67. The van der Waals surface area contributed by atoms with Gasteiger partial charge in [-0.1, -0.05) is 18.9 Å². The first kappa shape index (κ1) is 30.7. The van der Waals surface area contributed by atoms with E-state index in [1.165, 1.54) is 24.3 Å². The van der Waals surface area contributed by atoms with Gasteiger partial charge >= 0.3 is 6.01 Å². The van der Waals surface area contributed by atoms with Crippen LogP contribution in [-0.2, 0) is 0 Å². The van der Waals surface area contributed by atoms with E-state index in [0.29, 0.717) is 36.9 Å². The van der Waals surface area contributed by atoms with Gasteiger partial charge in [-0.3, -0.25) is 4.90 Å². The molecule has 0 radical (unpaired) electrons. The van der Waals surface area contributed by atoms with E-state index in [1.54, 1.807) is 0 Å². The largest absolute Gasteiger partial charge is 0.508 e. The van der Waals surface area contributed by atoms with Gasteiger partial charge in [0.2, 0.25) is 0 Å². The second-order valence-electron chi connectivity index (χ2n) is 14.1. The summed E-state index contributed by atoms with van der Waals surface area (Å²) < 4.78 is 54.4. The van der Waals surface area contributed by atoms with Crippen molar-refractivity contribution < 1.29 is 23.0 Å². The monoisotopic (exact) mass is 652 g/mol. The van der Waals surface area contributed by atoms with E-state index < -0.39 is 28.4 Å². The summed E-state index contributed by atoms with van der Waals surface area (Å²) >= 11 is 0. The average Bonchev–Trinajstić information content (AvgIpc) is 3.87. The van der Waals surface area contributed by atoms with Gasteiger partial charge in [0, 0.05) is 59.5 Å². The molecule has 4 atom stereocenters. The van der Waals surface area contributed by atoms with E-state index in [4.69, 9.17) is 16.1 Å². The normalized spacial score (nSPS) is 25.7. The zero-order valence-electron chi connectivity index (χ0n) is 26.6. The van der Waals surface area contributed by atoms with Crippen LogP contribution in [0.3, 0.4) is 0 Å². The van der Waals surface area contributed by atoms with Crippen molar-refractivity contribution in [1.29, 1.82) is 5.26 Å². The molecule has 3 saturated heterocycles. The molecule has 1 saturated carbocycles. The minimum atomic E-state index is -1.01. The highest BCUT2D eigenvalue weighted by atomic mass is 19.1. The number of phenols is 1. The van der Waals surface area contributed by atoms with E-state index in [-0.39, 0.29) is 63.8 Å². The number of hydrogen-bond donors (Lipinski definition) is 2. The van der Waals surface area contributed by atoms with Crippen LogP contribution in [0.15, 0.2) is 30.3 Å². The fourth-order valence-corrected chi connectivity index (χ4v) is 8.09. The van der Waals surface area contributed by atoms with E-state index in [1.807, 2.05) is 11.8 Å². The number of ether oxygens (including phenoxy) is 1. The molecule has 11 heteroatoms. The molecule has 4 aliphatic rings. The van der Waals surface area contributed by atoms with Crippen molar-refractivity contribution in [2.75, 3.05) is 37.7 Å². The fraction of sp³-hybridized carbons (Fsp3) is 0.432. The molecule has 2 bridgehead atoms. The van der Waals surface area contributed by atoms with Crippen molar-refractivity contribution in [2.45, 2.75) is 57.2 Å². The first-order valence-corrected chi connectivity index (χ1v) is 16.5. The highest BCUT2D eigenvalue weighted by Gasteiger charge is 2.45. The third kappa shape index (κ3) is 5.17. The van der Waals surface area contributed by atoms with Crippen molar-refractivity contribution in [1.82, 2.24) is 20.2 Å². The average molecular weight is 653 g/mol. The van der Waals surface area contributed by atoms with E-state index in [2.05, 4.69) is 27.2 Å². The molecule has 1 aromatic heterocycles. The van der Waals surface area contributed by atoms with Gasteiger partial charge < -0.3 is 20.1 Å². The Kier molecular flexibility index (Phi) is 7.39. The Bertz CT molecular complexity index is 2040. The molecule has 3 aromatic carbocycles. The molecule has 8 rings (SSSR count). The Morgan fingerprint density at radius 3 is 2.54 bits per heavy atom. The van der Waals surface area contributed by atoms with Gasteiger partial charge in [0.15, 0.2) is 5.82 Å². The van der Waals surface area contributed by atoms with Gasteiger partial charge in [-0.15, -0.1) is 6.42 Å². The Morgan fingerprint density at radius 2 is 1.83 bits per heavy atom. The van der Waals surface area contributed by atoms with E-state index in [9.17, 15) is 14.8 Å². The molecular formula is C37H35F3N6O2. The van der Waals surface area contributed by atoms with Crippen LogP contribution in [0.5, 0.6) is 11.8 Å². The van der Waals surface area contributed by atoms with Crippen molar-refractivity contribution in [2.24, 2.45) is 11.3 Å². The number of fused-ring (bicyclic) bond motifs is 4. The number of nitriles is 1. The number of nitrogens with one attached hydrogen (secondary N) is 1. The molecule has 3 aliphatic heterocycles. The third-order valence-electron chi connectivity index (χ3n) is 10.7. The SMILES string of the molecule is C#Cc1c(F)ccc2cc(O)cc(-c3c(F)cc4c(N5C[C@H]6CC[C@@H](C5)N6)nc(OC[C@@]5(C)CN(C6CC6)CC[C@@H]5C#N)nc4c3F)c12. The van der Waals surface area contributed by atoms with Gasteiger partial charge in [-0.2, -0.15) is 15.2 Å². The van der Waals surface area contributed by atoms with Crippen LogP contribution in [-0.4, -0.2) is 70.9 Å². The fourth-order valence-electron chi connectivity index (χ4n) is 8.09. The first-order chi connectivity index (χ1) is 23.2. The minimum Gasteiger partial charge on any atom is -0.508 e. The van der Waals surface area contributed by atoms with E-state index in [0.717, 1.165) is 44.7 Å². The summed E-state index contributed by atoms with van der Waals surface area (Å²) in [6.07, 6.45) is 10.7. The van der Waals surface area contributed by atoms with Crippen molar-refractivity contribution in [3.8, 4) is 41.3 Å². The number of halogens is 3. The molecule has 0 unspecified atom stereocenters. The lowest BCUT2D eigenvalue weighted by Crippen LogP contribution is -2.51. The second kappa shape index (κ2) is 11.5. The highest BCUT2D eigenvalue weighted by molar-refractivity contribution is 6.04. The maximum atomic E-state index is 16.9. The number of hydrogen-bond acceptors (Lipinski definition) is 8. The van der Waals surface area contributed by atoms with Crippen LogP contribution in [0.2, 0.25) is 0 Å². The predicted octanol–water partition coefficient (Wildman–Crippen LogP) is 5.89. The van der Waals surface area contributed by atoms with Gasteiger partial charge in [0.1, 0.15) is 28.7 Å². The van der Waals surface area contributed by atoms with Crippen LogP contribution in [0.4, 0.5) is 19.0 Å². The summed E-state index contributed by atoms with van der Waals surface area (Å²) in [5, 5.41) is 24.8. The van der Waals surface area contributed by atoms with Crippen LogP contribution >= 0.6 is 0 Å². The first-order valence-electron chi connectivity index (χ1n) is 16.5. The quantitative estimate of drug-likeness (QED) is 0.249. The molecule has 1 aliphatic carbocycles. The predicted molar refractivity (Wildman–Crippen MR) is 176 cm³/mol. The molecule has 4 aromatic rings. The Morgan fingerprint density at radius 1 is 1.06 bits per heavy atom. The van der Waals surface area contributed by atoms with Gasteiger partial charge in [-0.25, -0.2) is 13.2 Å². The number of rotatable bonds is 6. The number of aromatic hydroxyl groups is 1. The maximum Gasteiger partial charge on any atom is 0.319 e. The van der Waals surface area contributed by atoms with Crippen molar-refractivity contribution >= 4 is 27.5 Å². The topological polar surface area (TPSA) is 97.5 Å². The molecule has 246 valence electrons. The molecule has 2 N–H and O–H groups in total. The zero-order chi connectivity index (χ0) is 33.3. The third-order valence-corrected chi connectivity index (χ3v) is 10.7. The minimum absolute atomic E-state index is 0.0718. The number of benzene rings is 3. The Balaban J connectivity index is 1.27. The van der Waals surface area contributed by atoms with Gasteiger partial charge in [0.05, 0.1) is 29.7 Å². The smallest absolute Gasteiger partial charge is 0.319 e. The number of aromatic nitrogens is 2.